The largest absolute Gasteiger partial charge is 0.481 e. The molecule has 1 atom stereocenters. The predicted molar refractivity (Wildman–Crippen MR) is 71.5 cm³/mol. The van der Waals surface area contributed by atoms with Gasteiger partial charge in [0.1, 0.15) is 17.4 Å². The maximum Gasteiger partial charge on any atom is 0.265 e. The van der Waals surface area contributed by atoms with Gasteiger partial charge in [0.05, 0.1) is 5.69 Å². The van der Waals surface area contributed by atoms with E-state index in [1.54, 1.807) is 6.07 Å². The van der Waals surface area contributed by atoms with Crippen LogP contribution in [0, 0.1) is 11.6 Å². The van der Waals surface area contributed by atoms with Crippen LogP contribution in [-0.4, -0.2) is 12.0 Å². The standard InChI is InChI=1S/C15H13F2NO2/c1-10(20-12-8-6-11(16)7-9-12)15(19)18-14-5-3-2-4-13(14)17/h2-10H,1H3,(H,18,19). The second-order valence-corrected chi connectivity index (χ2v) is 4.18. The molecule has 0 heterocycles. The van der Waals surface area contributed by atoms with Crippen LogP contribution >= 0.6 is 0 Å². The molecule has 1 unspecified atom stereocenters. The molecule has 0 spiro atoms. The molecule has 0 radical (unpaired) electrons. The molecule has 20 heavy (non-hydrogen) atoms. The number of amides is 1. The number of rotatable bonds is 4. The van der Waals surface area contributed by atoms with E-state index in [9.17, 15) is 13.6 Å². The van der Waals surface area contributed by atoms with Gasteiger partial charge in [-0.1, -0.05) is 12.1 Å². The molecule has 0 aliphatic rings. The number of hydrogen-bond acceptors (Lipinski definition) is 2. The van der Waals surface area contributed by atoms with Crippen molar-refractivity contribution in [1.29, 1.82) is 0 Å². The summed E-state index contributed by atoms with van der Waals surface area (Å²) in [6.45, 7) is 1.53. The van der Waals surface area contributed by atoms with Crippen molar-refractivity contribution in [2.75, 3.05) is 5.32 Å². The molecule has 0 aliphatic heterocycles. The minimum absolute atomic E-state index is 0.0899. The van der Waals surface area contributed by atoms with Gasteiger partial charge in [-0.05, 0) is 43.3 Å². The van der Waals surface area contributed by atoms with Crippen LogP contribution in [0.15, 0.2) is 48.5 Å². The highest BCUT2D eigenvalue weighted by molar-refractivity contribution is 5.94. The van der Waals surface area contributed by atoms with Crippen molar-refractivity contribution in [1.82, 2.24) is 0 Å². The van der Waals surface area contributed by atoms with Crippen LogP contribution in [0.2, 0.25) is 0 Å². The number of benzene rings is 2. The fourth-order valence-electron chi connectivity index (χ4n) is 1.57. The molecule has 0 fully saturated rings. The minimum atomic E-state index is -0.833. The fourth-order valence-corrected chi connectivity index (χ4v) is 1.57. The van der Waals surface area contributed by atoms with Crippen LogP contribution in [0.4, 0.5) is 14.5 Å². The van der Waals surface area contributed by atoms with E-state index in [0.717, 1.165) is 0 Å². The Labute approximate surface area is 115 Å². The van der Waals surface area contributed by atoms with Crippen LogP contribution in [0.25, 0.3) is 0 Å². The molecule has 1 N–H and O–H groups in total. The molecule has 2 aromatic rings. The molecule has 0 saturated carbocycles. The fraction of sp³-hybridized carbons (Fsp3) is 0.133. The summed E-state index contributed by atoms with van der Waals surface area (Å²) in [7, 11) is 0. The van der Waals surface area contributed by atoms with Gasteiger partial charge >= 0.3 is 0 Å². The van der Waals surface area contributed by atoms with Crippen molar-refractivity contribution in [2.45, 2.75) is 13.0 Å². The second kappa shape index (κ2) is 6.14. The van der Waals surface area contributed by atoms with E-state index in [2.05, 4.69) is 5.32 Å². The lowest BCUT2D eigenvalue weighted by molar-refractivity contribution is -0.122. The van der Waals surface area contributed by atoms with E-state index in [-0.39, 0.29) is 11.5 Å². The number of halogens is 2. The Morgan fingerprint density at radius 3 is 2.40 bits per heavy atom. The maximum absolute atomic E-state index is 13.4. The molecule has 104 valence electrons. The zero-order valence-corrected chi connectivity index (χ0v) is 10.8. The average molecular weight is 277 g/mol. The van der Waals surface area contributed by atoms with Crippen LogP contribution in [0.3, 0.4) is 0 Å². The monoisotopic (exact) mass is 277 g/mol. The smallest absolute Gasteiger partial charge is 0.265 e. The van der Waals surface area contributed by atoms with Gasteiger partial charge in [0.15, 0.2) is 6.10 Å². The van der Waals surface area contributed by atoms with Crippen molar-refractivity contribution in [3.63, 3.8) is 0 Å². The Hall–Kier alpha value is -2.43. The van der Waals surface area contributed by atoms with Gasteiger partial charge in [0.2, 0.25) is 0 Å². The first-order valence-electron chi connectivity index (χ1n) is 6.04. The van der Waals surface area contributed by atoms with E-state index in [1.165, 1.54) is 49.4 Å². The van der Waals surface area contributed by atoms with Gasteiger partial charge < -0.3 is 10.1 Å². The maximum atomic E-state index is 13.4. The summed E-state index contributed by atoms with van der Waals surface area (Å²) in [6.07, 6.45) is -0.833. The lowest BCUT2D eigenvalue weighted by Gasteiger charge is -2.15. The zero-order valence-electron chi connectivity index (χ0n) is 10.8. The van der Waals surface area contributed by atoms with Crippen molar-refractivity contribution >= 4 is 11.6 Å². The van der Waals surface area contributed by atoms with E-state index in [0.29, 0.717) is 5.75 Å². The highest BCUT2D eigenvalue weighted by atomic mass is 19.1. The summed E-state index contributed by atoms with van der Waals surface area (Å²) >= 11 is 0. The van der Waals surface area contributed by atoms with Crippen molar-refractivity contribution in [3.05, 3.63) is 60.2 Å². The first kappa shape index (κ1) is 14.0. The molecule has 2 rings (SSSR count). The Morgan fingerprint density at radius 1 is 1.10 bits per heavy atom. The van der Waals surface area contributed by atoms with Crippen LogP contribution < -0.4 is 10.1 Å². The van der Waals surface area contributed by atoms with E-state index in [1.807, 2.05) is 0 Å². The molecule has 0 aromatic heterocycles. The number of nitrogens with one attached hydrogen (secondary N) is 1. The Kier molecular flexibility index (Phi) is 4.30. The van der Waals surface area contributed by atoms with Gasteiger partial charge in [0, 0.05) is 0 Å². The minimum Gasteiger partial charge on any atom is -0.481 e. The third-order valence-corrected chi connectivity index (χ3v) is 2.63. The van der Waals surface area contributed by atoms with Crippen molar-refractivity contribution in [2.24, 2.45) is 0 Å². The third-order valence-electron chi connectivity index (χ3n) is 2.63. The summed E-state index contributed by atoms with van der Waals surface area (Å²) in [4.78, 5) is 11.9. The lowest BCUT2D eigenvalue weighted by atomic mass is 10.3. The number of anilines is 1. The Morgan fingerprint density at radius 2 is 1.75 bits per heavy atom. The SMILES string of the molecule is CC(Oc1ccc(F)cc1)C(=O)Nc1ccccc1F. The number of hydrogen-bond donors (Lipinski definition) is 1. The highest BCUT2D eigenvalue weighted by Crippen LogP contribution is 2.16. The molecule has 1 amide bonds. The molecule has 5 heteroatoms. The summed E-state index contributed by atoms with van der Waals surface area (Å²) < 4.78 is 31.5. The van der Waals surface area contributed by atoms with Crippen molar-refractivity contribution < 1.29 is 18.3 Å². The van der Waals surface area contributed by atoms with E-state index in [4.69, 9.17) is 4.74 Å². The van der Waals surface area contributed by atoms with Gasteiger partial charge in [0.25, 0.3) is 5.91 Å². The normalized spacial score (nSPS) is 11.8. The summed E-state index contributed by atoms with van der Waals surface area (Å²) in [6, 6.07) is 11.2. The number of carbonyl (C=O) groups is 1. The number of para-hydroxylation sites is 1. The van der Waals surface area contributed by atoms with Crippen LogP contribution in [0.1, 0.15) is 6.92 Å². The zero-order chi connectivity index (χ0) is 14.5. The second-order valence-electron chi connectivity index (χ2n) is 4.18. The first-order valence-corrected chi connectivity index (χ1v) is 6.04. The lowest BCUT2D eigenvalue weighted by Crippen LogP contribution is -2.30. The van der Waals surface area contributed by atoms with Crippen LogP contribution in [0.5, 0.6) is 5.75 Å². The summed E-state index contributed by atoms with van der Waals surface area (Å²) in [5, 5.41) is 2.43. The quantitative estimate of drug-likeness (QED) is 0.930. The van der Waals surface area contributed by atoms with E-state index < -0.39 is 17.8 Å². The molecule has 0 aliphatic carbocycles. The molecule has 2 aromatic carbocycles. The number of carbonyl (C=O) groups excluding carboxylic acids is 1. The topological polar surface area (TPSA) is 38.3 Å². The van der Waals surface area contributed by atoms with Crippen LogP contribution in [-0.2, 0) is 4.79 Å². The van der Waals surface area contributed by atoms with Gasteiger partial charge in [-0.2, -0.15) is 0 Å². The predicted octanol–water partition coefficient (Wildman–Crippen LogP) is 3.37. The van der Waals surface area contributed by atoms with Crippen molar-refractivity contribution in [3.8, 4) is 5.75 Å². The number of ether oxygens (including phenoxy) is 1. The molecular formula is C15H13F2NO2. The molecule has 3 nitrogen and oxygen atoms in total. The summed E-state index contributed by atoms with van der Waals surface area (Å²) in [5.41, 5.74) is 0.0899. The van der Waals surface area contributed by atoms with E-state index >= 15 is 0 Å². The highest BCUT2D eigenvalue weighted by Gasteiger charge is 2.16. The van der Waals surface area contributed by atoms with Gasteiger partial charge in [-0.15, -0.1) is 0 Å². The van der Waals surface area contributed by atoms with Gasteiger partial charge in [-0.3, -0.25) is 4.79 Å². The first-order chi connectivity index (χ1) is 9.56. The molecular weight excluding hydrogens is 264 g/mol. The Balaban J connectivity index is 1.99. The molecule has 0 bridgehead atoms. The average Bonchev–Trinajstić information content (AvgIpc) is 2.44. The molecule has 0 saturated heterocycles. The Bertz CT molecular complexity index is 599. The summed E-state index contributed by atoms with van der Waals surface area (Å²) in [5.74, 6) is -1.03. The third kappa shape index (κ3) is 3.54. The van der Waals surface area contributed by atoms with Gasteiger partial charge in [-0.25, -0.2) is 8.78 Å².